The van der Waals surface area contributed by atoms with Crippen molar-refractivity contribution in [2.24, 2.45) is 11.3 Å². The maximum Gasteiger partial charge on any atom is 0.409 e. The molecule has 21 heavy (non-hydrogen) atoms. The van der Waals surface area contributed by atoms with Crippen molar-refractivity contribution in [3.63, 3.8) is 0 Å². The minimum absolute atomic E-state index is 0.242. The van der Waals surface area contributed by atoms with Gasteiger partial charge in [-0.3, -0.25) is 4.79 Å². The van der Waals surface area contributed by atoms with Crippen molar-refractivity contribution in [2.45, 2.75) is 27.2 Å². The number of nitrogens with one attached hydrogen (secondary N) is 1. The Hall–Kier alpha value is -1.30. The molecule has 1 atom stereocenters. The lowest BCUT2D eigenvalue weighted by Crippen LogP contribution is -2.56. The van der Waals surface area contributed by atoms with Crippen LogP contribution in [0.1, 0.15) is 27.2 Å². The van der Waals surface area contributed by atoms with E-state index in [1.165, 1.54) is 0 Å². The van der Waals surface area contributed by atoms with E-state index in [1.807, 2.05) is 4.90 Å². The number of nitrogens with zero attached hydrogens (tertiary/aromatic N) is 2. The summed E-state index contributed by atoms with van der Waals surface area (Å²) >= 11 is 0. The molecule has 2 heterocycles. The third-order valence-corrected chi connectivity index (χ3v) is 4.81. The van der Waals surface area contributed by atoms with Crippen LogP contribution in [0, 0.1) is 11.3 Å². The highest BCUT2D eigenvalue weighted by atomic mass is 16.6. The van der Waals surface area contributed by atoms with E-state index in [2.05, 4.69) is 19.2 Å². The minimum atomic E-state index is -0.272. The fourth-order valence-electron chi connectivity index (χ4n) is 3.26. The van der Waals surface area contributed by atoms with Crippen LogP contribution in [0.25, 0.3) is 0 Å². The maximum absolute atomic E-state index is 12.9. The van der Waals surface area contributed by atoms with Crippen molar-refractivity contribution in [1.82, 2.24) is 15.1 Å². The predicted molar refractivity (Wildman–Crippen MR) is 79.9 cm³/mol. The lowest BCUT2D eigenvalue weighted by atomic mass is 9.75. The van der Waals surface area contributed by atoms with E-state index >= 15 is 0 Å². The lowest BCUT2D eigenvalue weighted by molar-refractivity contribution is -0.145. The Morgan fingerprint density at radius 1 is 1.19 bits per heavy atom. The first kappa shape index (κ1) is 16.1. The Labute approximate surface area is 126 Å². The normalized spacial score (nSPS) is 26.3. The third-order valence-electron chi connectivity index (χ3n) is 4.81. The first-order valence-corrected chi connectivity index (χ1v) is 7.93. The van der Waals surface area contributed by atoms with Gasteiger partial charge in [-0.1, -0.05) is 13.8 Å². The van der Waals surface area contributed by atoms with Gasteiger partial charge in [0.1, 0.15) is 0 Å². The first-order valence-electron chi connectivity index (χ1n) is 7.93. The quantitative estimate of drug-likeness (QED) is 0.841. The van der Waals surface area contributed by atoms with E-state index in [1.54, 1.807) is 11.8 Å². The van der Waals surface area contributed by atoms with Gasteiger partial charge in [0, 0.05) is 32.7 Å². The molecule has 0 radical (unpaired) electrons. The SMILES string of the molecule is CCOC(=O)N1CCN(C(=O)C2(C(C)C)CCNC2)CC1. The molecule has 2 rings (SSSR count). The molecule has 2 aliphatic heterocycles. The van der Waals surface area contributed by atoms with Crippen LogP contribution >= 0.6 is 0 Å². The standard InChI is InChI=1S/C15H27N3O3/c1-4-21-14(20)18-9-7-17(8-10-18)13(19)15(12(2)3)5-6-16-11-15/h12,16H,4-11H2,1-3H3. The van der Waals surface area contributed by atoms with Crippen LogP contribution < -0.4 is 5.32 Å². The molecule has 0 aromatic heterocycles. The molecule has 2 saturated heterocycles. The van der Waals surface area contributed by atoms with Gasteiger partial charge >= 0.3 is 6.09 Å². The zero-order valence-corrected chi connectivity index (χ0v) is 13.4. The molecule has 0 bridgehead atoms. The van der Waals surface area contributed by atoms with Gasteiger partial charge in [-0.15, -0.1) is 0 Å². The summed E-state index contributed by atoms with van der Waals surface area (Å²) in [6, 6.07) is 0. The van der Waals surface area contributed by atoms with Crippen molar-refractivity contribution >= 4 is 12.0 Å². The number of rotatable bonds is 3. The molecular formula is C15H27N3O3. The van der Waals surface area contributed by atoms with Gasteiger partial charge in [0.25, 0.3) is 0 Å². The number of carbonyl (C=O) groups excluding carboxylic acids is 2. The van der Waals surface area contributed by atoms with Gasteiger partial charge in [-0.05, 0) is 25.8 Å². The number of amides is 2. The van der Waals surface area contributed by atoms with Crippen LogP contribution in [0.3, 0.4) is 0 Å². The Balaban J connectivity index is 1.95. The second-order valence-corrected chi connectivity index (χ2v) is 6.22. The lowest BCUT2D eigenvalue weighted by Gasteiger charge is -2.40. The van der Waals surface area contributed by atoms with E-state index in [9.17, 15) is 9.59 Å². The fourth-order valence-corrected chi connectivity index (χ4v) is 3.26. The second-order valence-electron chi connectivity index (χ2n) is 6.22. The average Bonchev–Trinajstić information content (AvgIpc) is 2.98. The average molecular weight is 297 g/mol. The number of hydrogen-bond acceptors (Lipinski definition) is 4. The molecule has 2 amide bonds. The smallest absolute Gasteiger partial charge is 0.409 e. The first-order chi connectivity index (χ1) is 10.0. The van der Waals surface area contributed by atoms with Gasteiger partial charge in [0.2, 0.25) is 5.91 Å². The van der Waals surface area contributed by atoms with Crippen molar-refractivity contribution in [1.29, 1.82) is 0 Å². The summed E-state index contributed by atoms with van der Waals surface area (Å²) in [5.74, 6) is 0.564. The Morgan fingerprint density at radius 2 is 1.81 bits per heavy atom. The molecule has 0 saturated carbocycles. The molecular weight excluding hydrogens is 270 g/mol. The molecule has 2 aliphatic rings. The Bertz CT molecular complexity index is 384. The molecule has 120 valence electrons. The highest BCUT2D eigenvalue weighted by Crippen LogP contribution is 2.36. The Kier molecular flexibility index (Phi) is 5.08. The van der Waals surface area contributed by atoms with Gasteiger partial charge < -0.3 is 19.9 Å². The molecule has 0 spiro atoms. The molecule has 1 N–H and O–H groups in total. The van der Waals surface area contributed by atoms with Crippen LogP contribution in [-0.2, 0) is 9.53 Å². The molecule has 6 heteroatoms. The Morgan fingerprint density at radius 3 is 2.29 bits per heavy atom. The third kappa shape index (κ3) is 3.15. The van der Waals surface area contributed by atoms with Crippen LogP contribution in [0.4, 0.5) is 4.79 Å². The second kappa shape index (κ2) is 6.64. The van der Waals surface area contributed by atoms with Crippen molar-refractivity contribution in [3.8, 4) is 0 Å². The highest BCUT2D eigenvalue weighted by molar-refractivity contribution is 5.84. The summed E-state index contributed by atoms with van der Waals surface area (Å²) in [6.07, 6.45) is 0.632. The van der Waals surface area contributed by atoms with Crippen LogP contribution in [0.15, 0.2) is 0 Å². The minimum Gasteiger partial charge on any atom is -0.450 e. The zero-order chi connectivity index (χ0) is 15.5. The summed E-state index contributed by atoms with van der Waals surface area (Å²) in [7, 11) is 0. The predicted octanol–water partition coefficient (Wildman–Crippen LogP) is 0.923. The van der Waals surface area contributed by atoms with Crippen molar-refractivity contribution in [3.05, 3.63) is 0 Å². The van der Waals surface area contributed by atoms with Crippen molar-refractivity contribution < 1.29 is 14.3 Å². The summed E-state index contributed by atoms with van der Waals surface area (Å²) in [6.45, 7) is 10.4. The van der Waals surface area contributed by atoms with Crippen molar-refractivity contribution in [2.75, 3.05) is 45.9 Å². The van der Waals surface area contributed by atoms with E-state index in [-0.39, 0.29) is 17.4 Å². The molecule has 2 fully saturated rings. The van der Waals surface area contributed by atoms with Gasteiger partial charge in [0.15, 0.2) is 0 Å². The summed E-state index contributed by atoms with van der Waals surface area (Å²) in [4.78, 5) is 28.2. The van der Waals surface area contributed by atoms with E-state index in [0.29, 0.717) is 38.7 Å². The number of hydrogen-bond donors (Lipinski definition) is 1. The number of piperazine rings is 1. The van der Waals surface area contributed by atoms with Crippen LogP contribution in [-0.4, -0.2) is 67.7 Å². The van der Waals surface area contributed by atoms with Crippen LogP contribution in [0.5, 0.6) is 0 Å². The van der Waals surface area contributed by atoms with E-state index < -0.39 is 0 Å². The fraction of sp³-hybridized carbons (Fsp3) is 0.867. The number of ether oxygens (including phenoxy) is 1. The molecule has 0 aromatic rings. The largest absolute Gasteiger partial charge is 0.450 e. The van der Waals surface area contributed by atoms with Gasteiger partial charge in [-0.25, -0.2) is 4.79 Å². The summed E-state index contributed by atoms with van der Waals surface area (Å²) in [5.41, 5.74) is -0.272. The van der Waals surface area contributed by atoms with Gasteiger partial charge in [-0.2, -0.15) is 0 Å². The maximum atomic E-state index is 12.9. The summed E-state index contributed by atoms with van der Waals surface area (Å²) in [5, 5.41) is 3.33. The number of carbonyl (C=O) groups is 2. The molecule has 0 aromatic carbocycles. The topological polar surface area (TPSA) is 61.9 Å². The molecule has 6 nitrogen and oxygen atoms in total. The summed E-state index contributed by atoms with van der Waals surface area (Å²) < 4.78 is 5.01. The molecule has 1 unspecified atom stereocenters. The monoisotopic (exact) mass is 297 g/mol. The van der Waals surface area contributed by atoms with Crippen LogP contribution in [0.2, 0.25) is 0 Å². The van der Waals surface area contributed by atoms with E-state index in [0.717, 1.165) is 19.5 Å². The molecule has 0 aliphatic carbocycles. The highest BCUT2D eigenvalue weighted by Gasteiger charge is 2.46. The van der Waals surface area contributed by atoms with E-state index in [4.69, 9.17) is 4.74 Å². The van der Waals surface area contributed by atoms with Gasteiger partial charge in [0.05, 0.1) is 12.0 Å². The zero-order valence-electron chi connectivity index (χ0n) is 13.4.